The van der Waals surface area contributed by atoms with Gasteiger partial charge in [-0.1, -0.05) is 18.2 Å². The maximum Gasteiger partial charge on any atom is 0.240 e. The van der Waals surface area contributed by atoms with Crippen molar-refractivity contribution in [2.75, 3.05) is 19.0 Å². The van der Waals surface area contributed by atoms with Crippen LogP contribution in [0.25, 0.3) is 0 Å². The molecule has 0 saturated carbocycles. The highest BCUT2D eigenvalue weighted by atomic mass is 32.2. The summed E-state index contributed by atoms with van der Waals surface area (Å²) in [4.78, 5) is 1.89. The summed E-state index contributed by atoms with van der Waals surface area (Å²) in [5.41, 5.74) is 2.28. The molecule has 0 amide bonds. The Bertz CT molecular complexity index is 756. The lowest BCUT2D eigenvalue weighted by Crippen LogP contribution is -2.23. The fourth-order valence-corrected chi connectivity index (χ4v) is 2.94. The molecule has 0 aliphatic carbocycles. The zero-order chi connectivity index (χ0) is 16.3. The van der Waals surface area contributed by atoms with Gasteiger partial charge in [-0.15, -0.1) is 0 Å². The van der Waals surface area contributed by atoms with Gasteiger partial charge in [0, 0.05) is 26.3 Å². The van der Waals surface area contributed by atoms with Gasteiger partial charge in [0.25, 0.3) is 0 Å². The highest BCUT2D eigenvalue weighted by Crippen LogP contribution is 2.16. The van der Waals surface area contributed by atoms with Crippen molar-refractivity contribution in [3.05, 3.63) is 59.4 Å². The van der Waals surface area contributed by atoms with E-state index in [1.54, 1.807) is 6.92 Å². The number of hydrogen-bond acceptors (Lipinski definition) is 3. The third kappa shape index (κ3) is 3.84. The first-order valence-electron chi connectivity index (χ1n) is 6.82. The smallest absolute Gasteiger partial charge is 0.240 e. The summed E-state index contributed by atoms with van der Waals surface area (Å²) in [6, 6.07) is 11.4. The Kier molecular flexibility index (Phi) is 4.83. The average Bonchev–Trinajstić information content (AvgIpc) is 2.48. The maximum atomic E-state index is 13.5. The molecule has 2 aromatic rings. The molecule has 1 N–H and O–H groups in total. The van der Waals surface area contributed by atoms with Crippen LogP contribution in [0.2, 0.25) is 0 Å². The van der Waals surface area contributed by atoms with Crippen LogP contribution in [0.3, 0.4) is 0 Å². The molecule has 6 heteroatoms. The molecule has 0 saturated heterocycles. The fourth-order valence-electron chi connectivity index (χ4n) is 1.91. The highest BCUT2D eigenvalue weighted by molar-refractivity contribution is 7.89. The minimum Gasteiger partial charge on any atom is -0.378 e. The van der Waals surface area contributed by atoms with Crippen LogP contribution in [0.15, 0.2) is 47.4 Å². The van der Waals surface area contributed by atoms with E-state index in [-0.39, 0.29) is 11.4 Å². The molecule has 0 bridgehead atoms. The number of aryl methyl sites for hydroxylation is 1. The van der Waals surface area contributed by atoms with Crippen LogP contribution in [0.5, 0.6) is 0 Å². The van der Waals surface area contributed by atoms with Crippen LogP contribution in [0.4, 0.5) is 10.1 Å². The van der Waals surface area contributed by atoms with Crippen molar-refractivity contribution < 1.29 is 12.8 Å². The van der Waals surface area contributed by atoms with Crippen molar-refractivity contribution in [3.8, 4) is 0 Å². The number of rotatable bonds is 5. The van der Waals surface area contributed by atoms with E-state index in [4.69, 9.17) is 0 Å². The van der Waals surface area contributed by atoms with Crippen molar-refractivity contribution in [2.24, 2.45) is 0 Å². The normalized spacial score (nSPS) is 11.5. The lowest BCUT2D eigenvalue weighted by Gasteiger charge is -2.13. The van der Waals surface area contributed by atoms with Crippen molar-refractivity contribution in [2.45, 2.75) is 18.4 Å². The average molecular weight is 322 g/mol. The van der Waals surface area contributed by atoms with Crippen LogP contribution in [0.1, 0.15) is 11.1 Å². The van der Waals surface area contributed by atoms with E-state index in [2.05, 4.69) is 4.72 Å². The van der Waals surface area contributed by atoms with Crippen LogP contribution in [-0.2, 0) is 16.6 Å². The Morgan fingerprint density at radius 3 is 2.27 bits per heavy atom. The third-order valence-electron chi connectivity index (χ3n) is 3.37. The lowest BCUT2D eigenvalue weighted by molar-refractivity contribution is 0.576. The van der Waals surface area contributed by atoms with Gasteiger partial charge in [-0.25, -0.2) is 17.5 Å². The zero-order valence-corrected chi connectivity index (χ0v) is 13.6. The number of benzene rings is 2. The molecule has 0 unspecified atom stereocenters. The molecular weight excluding hydrogens is 303 g/mol. The van der Waals surface area contributed by atoms with Crippen LogP contribution in [0, 0.1) is 12.7 Å². The number of hydrogen-bond donors (Lipinski definition) is 1. The molecule has 118 valence electrons. The Balaban J connectivity index is 2.10. The molecule has 0 spiro atoms. The van der Waals surface area contributed by atoms with Gasteiger partial charge < -0.3 is 4.90 Å². The van der Waals surface area contributed by atoms with Gasteiger partial charge in [-0.3, -0.25) is 0 Å². The topological polar surface area (TPSA) is 49.4 Å². The summed E-state index contributed by atoms with van der Waals surface area (Å²) in [6.45, 7) is 1.75. The van der Waals surface area contributed by atoms with Crippen molar-refractivity contribution in [1.29, 1.82) is 0 Å². The summed E-state index contributed by atoms with van der Waals surface area (Å²) in [6.07, 6.45) is 0. The van der Waals surface area contributed by atoms with Gasteiger partial charge in [0.1, 0.15) is 5.82 Å². The van der Waals surface area contributed by atoms with Gasteiger partial charge in [0.05, 0.1) is 4.90 Å². The Morgan fingerprint density at radius 1 is 1.09 bits per heavy atom. The molecule has 0 aliphatic rings. The van der Waals surface area contributed by atoms with Crippen LogP contribution >= 0.6 is 0 Å². The molecule has 2 aromatic carbocycles. The molecule has 0 atom stereocenters. The molecule has 22 heavy (non-hydrogen) atoms. The van der Waals surface area contributed by atoms with Gasteiger partial charge >= 0.3 is 0 Å². The number of nitrogens with one attached hydrogen (secondary N) is 1. The van der Waals surface area contributed by atoms with E-state index < -0.39 is 15.8 Å². The molecule has 0 aliphatic heterocycles. The van der Waals surface area contributed by atoms with E-state index in [1.807, 2.05) is 43.3 Å². The Morgan fingerprint density at radius 2 is 1.73 bits per heavy atom. The number of anilines is 1. The first kappa shape index (κ1) is 16.5. The van der Waals surface area contributed by atoms with Gasteiger partial charge in [0.15, 0.2) is 0 Å². The molecule has 0 radical (unpaired) electrons. The maximum absolute atomic E-state index is 13.5. The molecule has 4 nitrogen and oxygen atoms in total. The number of sulfonamides is 1. The van der Waals surface area contributed by atoms with E-state index in [0.717, 1.165) is 17.3 Å². The van der Waals surface area contributed by atoms with E-state index in [1.165, 1.54) is 12.1 Å². The Hall–Kier alpha value is -1.92. The van der Waals surface area contributed by atoms with E-state index in [0.29, 0.717) is 5.56 Å². The van der Waals surface area contributed by atoms with Crippen molar-refractivity contribution in [1.82, 2.24) is 4.72 Å². The second kappa shape index (κ2) is 6.46. The zero-order valence-electron chi connectivity index (χ0n) is 12.8. The fraction of sp³-hybridized carbons (Fsp3) is 0.250. The quantitative estimate of drug-likeness (QED) is 0.921. The second-order valence-corrected chi connectivity index (χ2v) is 7.06. The van der Waals surface area contributed by atoms with Gasteiger partial charge in [0.2, 0.25) is 10.0 Å². The summed E-state index contributed by atoms with van der Waals surface area (Å²) in [5.74, 6) is -0.529. The molecule has 0 heterocycles. The van der Waals surface area contributed by atoms with Crippen molar-refractivity contribution >= 4 is 15.7 Å². The monoisotopic (exact) mass is 322 g/mol. The highest BCUT2D eigenvalue weighted by Gasteiger charge is 2.15. The standard InChI is InChI=1S/C16H19FN2O2S/c1-12-4-9-15(10-16(12)17)22(20,21)18-11-13-5-7-14(8-6-13)19(2)3/h4-10,18H,11H2,1-3H3. The second-order valence-electron chi connectivity index (χ2n) is 5.30. The lowest BCUT2D eigenvalue weighted by atomic mass is 10.2. The summed E-state index contributed by atoms with van der Waals surface area (Å²) in [5, 5.41) is 0. The minimum absolute atomic E-state index is 0.0690. The van der Waals surface area contributed by atoms with E-state index in [9.17, 15) is 12.8 Å². The third-order valence-corrected chi connectivity index (χ3v) is 4.77. The first-order valence-corrected chi connectivity index (χ1v) is 8.30. The van der Waals surface area contributed by atoms with Crippen LogP contribution in [-0.4, -0.2) is 22.5 Å². The predicted molar refractivity (Wildman–Crippen MR) is 85.9 cm³/mol. The molecular formula is C16H19FN2O2S. The summed E-state index contributed by atoms with van der Waals surface area (Å²) >= 11 is 0. The van der Waals surface area contributed by atoms with Crippen LogP contribution < -0.4 is 9.62 Å². The molecule has 0 fully saturated rings. The predicted octanol–water partition coefficient (Wildman–Crippen LogP) is 2.68. The number of nitrogens with zero attached hydrogens (tertiary/aromatic N) is 1. The van der Waals surface area contributed by atoms with E-state index >= 15 is 0 Å². The van der Waals surface area contributed by atoms with Gasteiger partial charge in [-0.2, -0.15) is 0 Å². The molecule has 0 aromatic heterocycles. The SMILES string of the molecule is Cc1ccc(S(=O)(=O)NCc2ccc(N(C)C)cc2)cc1F. The summed E-state index contributed by atoms with van der Waals surface area (Å²) in [7, 11) is 0.144. The molecule has 2 rings (SSSR count). The van der Waals surface area contributed by atoms with Crippen molar-refractivity contribution in [3.63, 3.8) is 0 Å². The largest absolute Gasteiger partial charge is 0.378 e. The van der Waals surface area contributed by atoms with Gasteiger partial charge in [-0.05, 0) is 42.3 Å². The summed E-state index contributed by atoms with van der Waals surface area (Å²) < 4.78 is 40.3. The number of halogens is 1. The Labute approximate surface area is 130 Å². The minimum atomic E-state index is -3.72. The first-order chi connectivity index (χ1) is 10.3.